The van der Waals surface area contributed by atoms with E-state index in [0.29, 0.717) is 23.1 Å². The third-order valence-electron chi connectivity index (χ3n) is 3.97. The summed E-state index contributed by atoms with van der Waals surface area (Å²) in [6.45, 7) is 0.678. The van der Waals surface area contributed by atoms with E-state index in [0.717, 1.165) is 12.1 Å². The second-order valence-corrected chi connectivity index (χ2v) is 8.66. The van der Waals surface area contributed by atoms with E-state index >= 15 is 0 Å². The summed E-state index contributed by atoms with van der Waals surface area (Å²) in [7, 11) is -2.53. The van der Waals surface area contributed by atoms with E-state index in [1.807, 2.05) is 0 Å². The second-order valence-electron chi connectivity index (χ2n) is 5.72. The zero-order valence-electron chi connectivity index (χ0n) is 13.8. The van der Waals surface area contributed by atoms with Crippen molar-refractivity contribution >= 4 is 54.8 Å². The summed E-state index contributed by atoms with van der Waals surface area (Å²) < 4.78 is 33.6. The van der Waals surface area contributed by atoms with E-state index in [1.54, 1.807) is 35.2 Å². The Hall–Kier alpha value is -1.77. The first-order valence-corrected chi connectivity index (χ1v) is 10.4. The molecule has 0 unspecified atom stereocenters. The van der Waals surface area contributed by atoms with Crippen LogP contribution in [0.3, 0.4) is 0 Å². The lowest BCUT2D eigenvalue weighted by molar-refractivity contribution is -0.117. The lowest BCUT2D eigenvalue weighted by Gasteiger charge is -2.17. The Morgan fingerprint density at radius 3 is 2.50 bits per heavy atom. The molecule has 0 bridgehead atoms. The topological polar surface area (TPSA) is 75.7 Å². The van der Waals surface area contributed by atoms with Crippen LogP contribution in [0, 0.1) is 0 Å². The fourth-order valence-corrected chi connectivity index (χ4v) is 5.22. The molecule has 1 saturated heterocycles. The van der Waals surface area contributed by atoms with E-state index in [9.17, 15) is 13.2 Å². The number of hydrogen-bond donors (Lipinski definition) is 1. The van der Waals surface area contributed by atoms with Gasteiger partial charge in [-0.1, -0.05) is 11.6 Å². The van der Waals surface area contributed by atoms with Gasteiger partial charge in [0, 0.05) is 29.4 Å². The molecule has 6 nitrogen and oxygen atoms in total. The van der Waals surface area contributed by atoms with Crippen LogP contribution in [0.5, 0.6) is 5.75 Å². The van der Waals surface area contributed by atoms with Gasteiger partial charge in [-0.25, -0.2) is 8.42 Å². The van der Waals surface area contributed by atoms with Crippen LogP contribution >= 0.6 is 27.5 Å². The van der Waals surface area contributed by atoms with Crippen molar-refractivity contribution in [2.75, 3.05) is 23.3 Å². The number of ether oxygens (including phenoxy) is 1. The molecule has 3 rings (SSSR count). The first kappa shape index (κ1) is 19.0. The van der Waals surface area contributed by atoms with Gasteiger partial charge in [0.25, 0.3) is 10.0 Å². The number of nitrogens with zero attached hydrogens (tertiary/aromatic N) is 1. The Balaban J connectivity index is 1.87. The molecule has 1 amide bonds. The maximum Gasteiger partial charge on any atom is 0.265 e. The molecule has 138 valence electrons. The SMILES string of the molecule is COc1c(Br)cc(Cl)cc1S(=O)(=O)Nc1ccc(N2CCCC2=O)cc1. The van der Waals surface area contributed by atoms with Crippen LogP contribution in [0.1, 0.15) is 12.8 Å². The van der Waals surface area contributed by atoms with Gasteiger partial charge in [0.2, 0.25) is 5.91 Å². The number of carbonyl (C=O) groups excluding carboxylic acids is 1. The molecule has 0 saturated carbocycles. The predicted molar refractivity (Wildman–Crippen MR) is 105 cm³/mol. The van der Waals surface area contributed by atoms with Gasteiger partial charge >= 0.3 is 0 Å². The number of hydrogen-bond acceptors (Lipinski definition) is 4. The molecule has 1 aliphatic heterocycles. The Kier molecular flexibility index (Phi) is 5.45. The average Bonchev–Trinajstić information content (AvgIpc) is 3.00. The van der Waals surface area contributed by atoms with Crippen molar-refractivity contribution in [3.8, 4) is 5.75 Å². The van der Waals surface area contributed by atoms with Gasteiger partial charge in [0.05, 0.1) is 11.6 Å². The Labute approximate surface area is 165 Å². The fraction of sp³-hybridized carbons (Fsp3) is 0.235. The molecule has 9 heteroatoms. The standard InChI is InChI=1S/C17H16BrClN2O4S/c1-25-17-14(18)9-11(19)10-15(17)26(23,24)20-12-4-6-13(7-5-12)21-8-2-3-16(21)22/h4-7,9-10,20H,2-3,8H2,1H3. The van der Waals surface area contributed by atoms with Crippen LogP contribution in [-0.2, 0) is 14.8 Å². The highest BCUT2D eigenvalue weighted by Gasteiger charge is 2.24. The molecule has 0 aromatic heterocycles. The lowest BCUT2D eigenvalue weighted by atomic mass is 10.2. The maximum absolute atomic E-state index is 12.7. The molecule has 1 fully saturated rings. The second kappa shape index (κ2) is 7.46. The van der Waals surface area contributed by atoms with Crippen LogP contribution in [0.2, 0.25) is 5.02 Å². The molecule has 0 atom stereocenters. The number of carbonyl (C=O) groups is 1. The Morgan fingerprint density at radius 1 is 1.23 bits per heavy atom. The van der Waals surface area contributed by atoms with E-state index in [-0.39, 0.29) is 21.6 Å². The summed E-state index contributed by atoms with van der Waals surface area (Å²) in [4.78, 5) is 13.4. The Bertz CT molecular complexity index is 948. The number of anilines is 2. The van der Waals surface area contributed by atoms with Gasteiger partial charge in [0.15, 0.2) is 5.75 Å². The van der Waals surface area contributed by atoms with Crippen molar-refractivity contribution in [1.82, 2.24) is 0 Å². The molecule has 0 aliphatic carbocycles. The summed E-state index contributed by atoms with van der Waals surface area (Å²) in [6, 6.07) is 9.54. The quantitative estimate of drug-likeness (QED) is 0.732. The van der Waals surface area contributed by atoms with Crippen molar-refractivity contribution in [3.05, 3.63) is 45.9 Å². The molecule has 2 aromatic rings. The maximum atomic E-state index is 12.7. The molecule has 0 spiro atoms. The largest absolute Gasteiger partial charge is 0.494 e. The minimum absolute atomic E-state index is 0.0711. The van der Waals surface area contributed by atoms with E-state index in [1.165, 1.54) is 13.2 Å². The summed E-state index contributed by atoms with van der Waals surface area (Å²) >= 11 is 9.23. The zero-order valence-corrected chi connectivity index (χ0v) is 17.0. The lowest BCUT2D eigenvalue weighted by Crippen LogP contribution is -2.23. The molecule has 1 N–H and O–H groups in total. The average molecular weight is 460 g/mol. The summed E-state index contributed by atoms with van der Waals surface area (Å²) in [5.41, 5.74) is 1.12. The number of halogens is 2. The first-order chi connectivity index (χ1) is 12.3. The molecule has 1 aliphatic rings. The predicted octanol–water partition coefficient (Wildman–Crippen LogP) is 4.04. The van der Waals surface area contributed by atoms with E-state index in [4.69, 9.17) is 16.3 Å². The number of rotatable bonds is 5. The number of sulfonamides is 1. The fourth-order valence-electron chi connectivity index (χ4n) is 2.78. The van der Waals surface area contributed by atoms with Gasteiger partial charge in [-0.05, 0) is 58.7 Å². The minimum Gasteiger partial charge on any atom is -0.494 e. The highest BCUT2D eigenvalue weighted by atomic mass is 79.9. The van der Waals surface area contributed by atoms with Crippen molar-refractivity contribution < 1.29 is 17.9 Å². The van der Waals surface area contributed by atoms with Gasteiger partial charge in [-0.3, -0.25) is 9.52 Å². The van der Waals surface area contributed by atoms with Crippen LogP contribution < -0.4 is 14.4 Å². The monoisotopic (exact) mass is 458 g/mol. The van der Waals surface area contributed by atoms with Crippen molar-refractivity contribution in [1.29, 1.82) is 0 Å². The molecule has 26 heavy (non-hydrogen) atoms. The van der Waals surface area contributed by atoms with E-state index in [2.05, 4.69) is 20.7 Å². The third-order valence-corrected chi connectivity index (χ3v) is 6.17. The molecule has 1 heterocycles. The number of methoxy groups -OCH3 is 1. The third kappa shape index (κ3) is 3.82. The summed E-state index contributed by atoms with van der Waals surface area (Å²) in [5.74, 6) is 0.244. The van der Waals surface area contributed by atoms with Gasteiger partial charge < -0.3 is 9.64 Å². The highest BCUT2D eigenvalue weighted by molar-refractivity contribution is 9.10. The van der Waals surface area contributed by atoms with Gasteiger partial charge in [0.1, 0.15) is 4.90 Å². The number of amides is 1. The van der Waals surface area contributed by atoms with Crippen molar-refractivity contribution in [2.45, 2.75) is 17.7 Å². The zero-order chi connectivity index (χ0) is 18.9. The van der Waals surface area contributed by atoms with Crippen molar-refractivity contribution in [2.24, 2.45) is 0 Å². The first-order valence-electron chi connectivity index (χ1n) is 7.78. The molecular formula is C17H16BrClN2O4S. The number of nitrogens with one attached hydrogen (secondary N) is 1. The van der Waals surface area contributed by atoms with Crippen LogP contribution in [0.4, 0.5) is 11.4 Å². The highest BCUT2D eigenvalue weighted by Crippen LogP contribution is 2.36. The van der Waals surface area contributed by atoms with E-state index < -0.39 is 10.0 Å². The molecule has 2 aromatic carbocycles. The van der Waals surface area contributed by atoms with Crippen LogP contribution in [-0.4, -0.2) is 28.0 Å². The number of benzene rings is 2. The molecule has 0 radical (unpaired) electrons. The minimum atomic E-state index is -3.91. The normalized spacial score (nSPS) is 14.6. The van der Waals surface area contributed by atoms with Crippen LogP contribution in [0.15, 0.2) is 45.8 Å². The van der Waals surface area contributed by atoms with Crippen molar-refractivity contribution in [3.63, 3.8) is 0 Å². The molecular weight excluding hydrogens is 444 g/mol. The van der Waals surface area contributed by atoms with Gasteiger partial charge in [-0.2, -0.15) is 0 Å². The Morgan fingerprint density at radius 2 is 1.92 bits per heavy atom. The smallest absolute Gasteiger partial charge is 0.265 e. The van der Waals surface area contributed by atoms with Gasteiger partial charge in [-0.15, -0.1) is 0 Å². The summed E-state index contributed by atoms with van der Waals surface area (Å²) in [5, 5.41) is 0.265. The van der Waals surface area contributed by atoms with Crippen LogP contribution in [0.25, 0.3) is 0 Å². The summed E-state index contributed by atoms with van der Waals surface area (Å²) in [6.07, 6.45) is 1.37.